The van der Waals surface area contributed by atoms with Gasteiger partial charge in [-0.3, -0.25) is 0 Å². The molecular weight excluding hydrogens is 195 g/mol. The summed E-state index contributed by atoms with van der Waals surface area (Å²) in [5.74, 6) is -4.74. The second-order valence-corrected chi connectivity index (χ2v) is 2.61. The summed E-state index contributed by atoms with van der Waals surface area (Å²) in [5, 5.41) is 0. The van der Waals surface area contributed by atoms with E-state index in [9.17, 15) is 22.0 Å². The molecule has 0 radical (unpaired) electrons. The Balaban J connectivity index is 3.77. The molecule has 0 unspecified atom stereocenters. The SMILES string of the molecule is CCCCOCC(F)(F)C(F)(F)F. The molecule has 0 heterocycles. The van der Waals surface area contributed by atoms with E-state index >= 15 is 0 Å². The van der Waals surface area contributed by atoms with E-state index in [0.717, 1.165) is 0 Å². The summed E-state index contributed by atoms with van der Waals surface area (Å²) in [4.78, 5) is 0. The fourth-order valence-corrected chi connectivity index (χ4v) is 0.529. The Bertz CT molecular complexity index is 142. The highest BCUT2D eigenvalue weighted by Gasteiger charge is 2.57. The van der Waals surface area contributed by atoms with E-state index < -0.39 is 18.7 Å². The average molecular weight is 206 g/mol. The maximum Gasteiger partial charge on any atom is 0.455 e. The molecule has 0 N–H and O–H groups in total. The van der Waals surface area contributed by atoms with E-state index in [1.807, 2.05) is 0 Å². The van der Waals surface area contributed by atoms with Crippen molar-refractivity contribution < 1.29 is 26.7 Å². The minimum Gasteiger partial charge on any atom is -0.375 e. The first kappa shape index (κ1) is 12.6. The zero-order valence-electron chi connectivity index (χ0n) is 7.13. The number of halogens is 5. The molecule has 1 nitrogen and oxygen atoms in total. The number of unbranched alkanes of at least 4 members (excludes halogenated alkanes) is 1. The van der Waals surface area contributed by atoms with E-state index in [1.54, 1.807) is 6.92 Å². The number of alkyl halides is 5. The topological polar surface area (TPSA) is 9.23 Å². The van der Waals surface area contributed by atoms with Crippen molar-refractivity contribution in [2.24, 2.45) is 0 Å². The summed E-state index contributed by atoms with van der Waals surface area (Å²) in [6.45, 7) is 0.129. The largest absolute Gasteiger partial charge is 0.455 e. The molecule has 6 heteroatoms. The fourth-order valence-electron chi connectivity index (χ4n) is 0.529. The zero-order chi connectivity index (χ0) is 10.5. The van der Waals surface area contributed by atoms with Crippen molar-refractivity contribution in [2.45, 2.75) is 31.9 Å². The van der Waals surface area contributed by atoms with Crippen molar-refractivity contribution in [3.05, 3.63) is 0 Å². The predicted molar refractivity (Wildman–Crippen MR) is 36.7 cm³/mol. The third kappa shape index (κ3) is 4.40. The van der Waals surface area contributed by atoms with E-state index in [-0.39, 0.29) is 6.61 Å². The monoisotopic (exact) mass is 206 g/mol. The van der Waals surface area contributed by atoms with Crippen molar-refractivity contribution in [3.8, 4) is 0 Å². The van der Waals surface area contributed by atoms with Crippen LogP contribution in [-0.2, 0) is 4.74 Å². The summed E-state index contributed by atoms with van der Waals surface area (Å²) < 4.78 is 62.9. The van der Waals surface area contributed by atoms with Crippen molar-refractivity contribution in [3.63, 3.8) is 0 Å². The Morgan fingerprint density at radius 2 is 1.62 bits per heavy atom. The van der Waals surface area contributed by atoms with Gasteiger partial charge in [0.25, 0.3) is 0 Å². The van der Waals surface area contributed by atoms with Gasteiger partial charge in [0.2, 0.25) is 0 Å². The first-order valence-corrected chi connectivity index (χ1v) is 3.83. The molecule has 0 aliphatic heterocycles. The molecule has 0 aromatic rings. The molecule has 0 aliphatic carbocycles. The van der Waals surface area contributed by atoms with E-state index in [2.05, 4.69) is 4.74 Å². The van der Waals surface area contributed by atoms with Crippen LogP contribution in [0.4, 0.5) is 22.0 Å². The molecule has 13 heavy (non-hydrogen) atoms. The van der Waals surface area contributed by atoms with Crippen LogP contribution in [0.3, 0.4) is 0 Å². The van der Waals surface area contributed by atoms with Crippen LogP contribution in [-0.4, -0.2) is 25.3 Å². The fraction of sp³-hybridized carbons (Fsp3) is 1.00. The van der Waals surface area contributed by atoms with Crippen molar-refractivity contribution >= 4 is 0 Å². The quantitative estimate of drug-likeness (QED) is 0.496. The first-order valence-electron chi connectivity index (χ1n) is 3.83. The third-order valence-electron chi connectivity index (χ3n) is 1.34. The Kier molecular flexibility index (Phi) is 4.60. The van der Waals surface area contributed by atoms with Gasteiger partial charge in [-0.25, -0.2) is 0 Å². The van der Waals surface area contributed by atoms with Crippen LogP contribution in [0.2, 0.25) is 0 Å². The Labute approximate surface area is 72.9 Å². The minimum absolute atomic E-state index is 0.0673. The van der Waals surface area contributed by atoms with Gasteiger partial charge in [0, 0.05) is 6.61 Å². The molecule has 0 atom stereocenters. The third-order valence-corrected chi connectivity index (χ3v) is 1.34. The van der Waals surface area contributed by atoms with E-state index in [4.69, 9.17) is 0 Å². The maximum absolute atomic E-state index is 12.1. The highest BCUT2D eigenvalue weighted by Crippen LogP contribution is 2.35. The number of hydrogen-bond donors (Lipinski definition) is 0. The Morgan fingerprint density at radius 1 is 1.08 bits per heavy atom. The van der Waals surface area contributed by atoms with Gasteiger partial charge in [0.1, 0.15) is 6.61 Å². The van der Waals surface area contributed by atoms with Gasteiger partial charge in [-0.05, 0) is 6.42 Å². The zero-order valence-corrected chi connectivity index (χ0v) is 7.13. The molecule has 0 aliphatic rings. The van der Waals surface area contributed by atoms with Gasteiger partial charge in [-0.2, -0.15) is 22.0 Å². The molecule has 0 rings (SSSR count). The van der Waals surface area contributed by atoms with Gasteiger partial charge in [-0.1, -0.05) is 13.3 Å². The summed E-state index contributed by atoms with van der Waals surface area (Å²) in [6, 6.07) is 0. The van der Waals surface area contributed by atoms with E-state index in [0.29, 0.717) is 12.8 Å². The molecule has 80 valence electrons. The molecule has 0 amide bonds. The standard InChI is InChI=1S/C7H11F5O/c1-2-3-4-13-5-6(8,9)7(10,11)12/h2-5H2,1H3. The highest BCUT2D eigenvalue weighted by atomic mass is 19.4. The second-order valence-electron chi connectivity index (χ2n) is 2.61. The average Bonchev–Trinajstić information content (AvgIpc) is 1.96. The normalized spacial score (nSPS) is 13.4. The molecular formula is C7H11F5O. The van der Waals surface area contributed by atoms with Crippen molar-refractivity contribution in [2.75, 3.05) is 13.2 Å². The van der Waals surface area contributed by atoms with Crippen LogP contribution in [0.25, 0.3) is 0 Å². The maximum atomic E-state index is 12.1. The van der Waals surface area contributed by atoms with Gasteiger partial charge in [0.15, 0.2) is 0 Å². The molecule has 0 spiro atoms. The highest BCUT2D eigenvalue weighted by molar-refractivity contribution is 4.74. The predicted octanol–water partition coefficient (Wildman–Crippen LogP) is 3.00. The van der Waals surface area contributed by atoms with Crippen LogP contribution in [0.1, 0.15) is 19.8 Å². The molecule has 0 fully saturated rings. The lowest BCUT2D eigenvalue weighted by Crippen LogP contribution is -2.40. The molecule has 0 bridgehead atoms. The van der Waals surface area contributed by atoms with Crippen molar-refractivity contribution in [1.29, 1.82) is 0 Å². The van der Waals surface area contributed by atoms with Gasteiger partial charge < -0.3 is 4.74 Å². The summed E-state index contributed by atoms with van der Waals surface area (Å²) in [7, 11) is 0. The lowest BCUT2D eigenvalue weighted by atomic mass is 10.3. The van der Waals surface area contributed by atoms with Gasteiger partial charge >= 0.3 is 12.1 Å². The first-order chi connectivity index (χ1) is 5.81. The lowest BCUT2D eigenvalue weighted by Gasteiger charge is -2.19. The number of ether oxygens (including phenoxy) is 1. The number of rotatable bonds is 5. The molecule has 0 aromatic heterocycles. The molecule has 0 saturated heterocycles. The lowest BCUT2D eigenvalue weighted by molar-refractivity contribution is -0.296. The minimum atomic E-state index is -5.51. The summed E-state index contributed by atoms with van der Waals surface area (Å²) >= 11 is 0. The van der Waals surface area contributed by atoms with Gasteiger partial charge in [0.05, 0.1) is 0 Å². The van der Waals surface area contributed by atoms with Gasteiger partial charge in [-0.15, -0.1) is 0 Å². The van der Waals surface area contributed by atoms with Crippen LogP contribution < -0.4 is 0 Å². The smallest absolute Gasteiger partial charge is 0.375 e. The van der Waals surface area contributed by atoms with E-state index in [1.165, 1.54) is 0 Å². The molecule has 0 saturated carbocycles. The summed E-state index contributed by atoms with van der Waals surface area (Å²) in [6.07, 6.45) is -4.34. The van der Waals surface area contributed by atoms with Crippen molar-refractivity contribution in [1.82, 2.24) is 0 Å². The van der Waals surface area contributed by atoms with Crippen LogP contribution >= 0.6 is 0 Å². The van der Waals surface area contributed by atoms with Crippen LogP contribution in [0, 0.1) is 0 Å². The van der Waals surface area contributed by atoms with Crippen LogP contribution in [0.15, 0.2) is 0 Å². The Hall–Kier alpha value is -0.390. The van der Waals surface area contributed by atoms with Crippen LogP contribution in [0.5, 0.6) is 0 Å². The number of hydrogen-bond acceptors (Lipinski definition) is 1. The second kappa shape index (κ2) is 4.74. The summed E-state index contributed by atoms with van der Waals surface area (Å²) in [5.41, 5.74) is 0. The molecule has 0 aromatic carbocycles. The Morgan fingerprint density at radius 3 is 2.00 bits per heavy atom.